The van der Waals surface area contributed by atoms with Crippen LogP contribution in [0.4, 0.5) is 0 Å². The second kappa shape index (κ2) is 8.70. The minimum absolute atomic E-state index is 0.856. The van der Waals surface area contributed by atoms with Gasteiger partial charge in [-0.15, -0.1) is 0 Å². The van der Waals surface area contributed by atoms with Gasteiger partial charge in [-0.2, -0.15) is 0 Å². The number of para-hydroxylation sites is 1. The predicted molar refractivity (Wildman–Crippen MR) is 100 cm³/mol. The molecule has 0 amide bonds. The van der Waals surface area contributed by atoms with E-state index < -0.39 is 0 Å². The van der Waals surface area contributed by atoms with E-state index in [0.717, 1.165) is 18.2 Å². The molecule has 1 aliphatic rings. The number of nitrogens with one attached hydrogen (secondary N) is 1. The molecule has 0 radical (unpaired) electrons. The van der Waals surface area contributed by atoms with Gasteiger partial charge in [0.05, 0.1) is 26.7 Å². The van der Waals surface area contributed by atoms with Crippen molar-refractivity contribution in [1.82, 2.24) is 0 Å². The fourth-order valence-corrected chi connectivity index (χ4v) is 3.60. The van der Waals surface area contributed by atoms with Crippen LogP contribution in [0.25, 0.3) is 6.08 Å². The number of rotatable bonds is 6. The van der Waals surface area contributed by atoms with Crippen LogP contribution >= 0.6 is 0 Å². The molecule has 2 aromatic carbocycles. The average Bonchev–Trinajstić information content (AvgIpc) is 2.64. The number of quaternary nitrogens is 1. The molecule has 24 heavy (non-hydrogen) atoms. The Morgan fingerprint density at radius 3 is 2.46 bits per heavy atom. The summed E-state index contributed by atoms with van der Waals surface area (Å²) < 4.78 is 5.40. The van der Waals surface area contributed by atoms with Crippen molar-refractivity contribution < 1.29 is 9.64 Å². The summed E-state index contributed by atoms with van der Waals surface area (Å²) in [5.41, 5.74) is 2.65. The van der Waals surface area contributed by atoms with Gasteiger partial charge in [-0.25, -0.2) is 0 Å². The number of methoxy groups -OCH3 is 1. The third-order valence-electron chi connectivity index (χ3n) is 5.02. The molecule has 0 atom stereocenters. The Morgan fingerprint density at radius 1 is 1.00 bits per heavy atom. The monoisotopic (exact) mass is 322 g/mol. The van der Waals surface area contributed by atoms with E-state index in [1.54, 1.807) is 12.0 Å². The predicted octanol–water partition coefficient (Wildman–Crippen LogP) is 3.25. The highest BCUT2D eigenvalue weighted by atomic mass is 16.5. The summed E-state index contributed by atoms with van der Waals surface area (Å²) >= 11 is 0. The standard InChI is InChI=1S/C22H27NO/c1-24-22-12-6-5-10-21(22)11-7-15-23-16-13-20(14-17-23)18-19-8-3-2-4-9-19/h2-12,20H,13-18H2,1H3/p+1/b11-7+. The van der Waals surface area contributed by atoms with E-state index in [4.69, 9.17) is 4.74 Å². The molecule has 126 valence electrons. The van der Waals surface area contributed by atoms with E-state index in [0.29, 0.717) is 0 Å². The van der Waals surface area contributed by atoms with Crippen LogP contribution in [0, 0.1) is 5.92 Å². The molecule has 3 rings (SSSR count). The second-order valence-electron chi connectivity index (χ2n) is 6.73. The molecule has 1 fully saturated rings. The van der Waals surface area contributed by atoms with E-state index in [2.05, 4.69) is 54.6 Å². The van der Waals surface area contributed by atoms with Crippen molar-refractivity contribution in [2.75, 3.05) is 26.7 Å². The highest BCUT2D eigenvalue weighted by Gasteiger charge is 2.21. The number of hydrogen-bond acceptors (Lipinski definition) is 1. The van der Waals surface area contributed by atoms with E-state index in [1.165, 1.54) is 43.5 Å². The maximum Gasteiger partial charge on any atom is 0.126 e. The third kappa shape index (κ3) is 4.72. The Morgan fingerprint density at radius 2 is 1.71 bits per heavy atom. The molecule has 0 unspecified atom stereocenters. The molecule has 1 N–H and O–H groups in total. The van der Waals surface area contributed by atoms with Gasteiger partial charge in [-0.1, -0.05) is 48.5 Å². The molecular weight excluding hydrogens is 294 g/mol. The molecule has 0 aromatic heterocycles. The number of benzene rings is 2. The molecule has 0 spiro atoms. The zero-order valence-corrected chi connectivity index (χ0v) is 14.6. The van der Waals surface area contributed by atoms with Crippen molar-refractivity contribution in [3.8, 4) is 5.75 Å². The molecule has 2 nitrogen and oxygen atoms in total. The quantitative estimate of drug-likeness (QED) is 0.862. The van der Waals surface area contributed by atoms with Crippen LogP contribution in [0.15, 0.2) is 60.7 Å². The van der Waals surface area contributed by atoms with Crippen molar-refractivity contribution in [2.45, 2.75) is 19.3 Å². The van der Waals surface area contributed by atoms with Crippen LogP contribution in [0.5, 0.6) is 5.75 Å². The minimum Gasteiger partial charge on any atom is -0.496 e. The highest BCUT2D eigenvalue weighted by molar-refractivity contribution is 5.57. The van der Waals surface area contributed by atoms with Gasteiger partial charge in [-0.3, -0.25) is 0 Å². The van der Waals surface area contributed by atoms with E-state index in [9.17, 15) is 0 Å². The lowest BCUT2D eigenvalue weighted by molar-refractivity contribution is -0.900. The molecule has 1 aliphatic heterocycles. The van der Waals surface area contributed by atoms with Crippen molar-refractivity contribution in [2.24, 2.45) is 5.92 Å². The zero-order valence-electron chi connectivity index (χ0n) is 14.6. The lowest BCUT2D eigenvalue weighted by Gasteiger charge is -2.28. The van der Waals surface area contributed by atoms with E-state index in [1.807, 2.05) is 12.1 Å². The molecule has 2 aromatic rings. The van der Waals surface area contributed by atoms with Crippen LogP contribution in [-0.2, 0) is 6.42 Å². The highest BCUT2D eigenvalue weighted by Crippen LogP contribution is 2.18. The Hall–Kier alpha value is -2.06. The van der Waals surface area contributed by atoms with Crippen LogP contribution in [-0.4, -0.2) is 26.7 Å². The summed E-state index contributed by atoms with van der Waals surface area (Å²) in [6, 6.07) is 19.1. The van der Waals surface area contributed by atoms with Crippen LogP contribution < -0.4 is 9.64 Å². The van der Waals surface area contributed by atoms with E-state index in [-0.39, 0.29) is 0 Å². The normalized spacial score (nSPS) is 21.0. The molecule has 0 saturated carbocycles. The molecule has 1 saturated heterocycles. The number of ether oxygens (including phenoxy) is 1. The number of hydrogen-bond donors (Lipinski definition) is 1. The van der Waals surface area contributed by atoms with Gasteiger partial charge >= 0.3 is 0 Å². The van der Waals surface area contributed by atoms with Gasteiger partial charge in [0.2, 0.25) is 0 Å². The van der Waals surface area contributed by atoms with Crippen LogP contribution in [0.3, 0.4) is 0 Å². The Kier molecular flexibility index (Phi) is 6.08. The first-order valence-electron chi connectivity index (χ1n) is 9.02. The van der Waals surface area contributed by atoms with Crippen molar-refractivity contribution in [3.63, 3.8) is 0 Å². The van der Waals surface area contributed by atoms with Crippen LogP contribution in [0.2, 0.25) is 0 Å². The summed E-state index contributed by atoms with van der Waals surface area (Å²) in [4.78, 5) is 1.70. The Labute approximate surface area is 145 Å². The maximum atomic E-state index is 5.40. The van der Waals surface area contributed by atoms with Gasteiger partial charge in [0, 0.05) is 5.56 Å². The summed E-state index contributed by atoms with van der Waals surface area (Å²) in [6.45, 7) is 3.68. The van der Waals surface area contributed by atoms with E-state index >= 15 is 0 Å². The molecule has 1 heterocycles. The molecule has 0 aliphatic carbocycles. The summed E-state index contributed by atoms with van der Waals surface area (Å²) in [6.07, 6.45) is 8.41. The summed E-state index contributed by atoms with van der Waals surface area (Å²) in [5.74, 6) is 1.81. The van der Waals surface area contributed by atoms with Gasteiger partial charge in [0.15, 0.2) is 0 Å². The minimum atomic E-state index is 0.856. The Bertz CT molecular complexity index is 642. The number of likely N-dealkylation sites (tertiary alicyclic amines) is 1. The first kappa shape index (κ1) is 16.8. The van der Waals surface area contributed by atoms with Gasteiger partial charge in [-0.05, 0) is 49.0 Å². The second-order valence-corrected chi connectivity index (χ2v) is 6.73. The fourth-order valence-electron chi connectivity index (χ4n) is 3.60. The van der Waals surface area contributed by atoms with Crippen molar-refractivity contribution in [1.29, 1.82) is 0 Å². The smallest absolute Gasteiger partial charge is 0.126 e. The summed E-state index contributed by atoms with van der Waals surface area (Å²) in [7, 11) is 1.73. The maximum absolute atomic E-state index is 5.40. The van der Waals surface area contributed by atoms with Gasteiger partial charge < -0.3 is 9.64 Å². The molecule has 2 heteroatoms. The SMILES string of the molecule is COc1ccccc1/C=C/C[NH+]1CCC(Cc2ccccc2)CC1. The van der Waals surface area contributed by atoms with Crippen molar-refractivity contribution >= 4 is 6.08 Å². The lowest BCUT2D eigenvalue weighted by Crippen LogP contribution is -3.12. The van der Waals surface area contributed by atoms with Gasteiger partial charge in [0.1, 0.15) is 5.75 Å². The Balaban J connectivity index is 1.45. The first-order chi connectivity index (χ1) is 11.8. The number of piperidine rings is 1. The zero-order chi connectivity index (χ0) is 16.6. The third-order valence-corrected chi connectivity index (χ3v) is 5.02. The largest absolute Gasteiger partial charge is 0.496 e. The lowest BCUT2D eigenvalue weighted by atomic mass is 9.90. The van der Waals surface area contributed by atoms with Crippen LogP contribution in [0.1, 0.15) is 24.0 Å². The van der Waals surface area contributed by atoms with Gasteiger partial charge in [0.25, 0.3) is 0 Å². The molecule has 0 bridgehead atoms. The van der Waals surface area contributed by atoms with Crippen molar-refractivity contribution in [3.05, 3.63) is 71.8 Å². The average molecular weight is 322 g/mol. The first-order valence-corrected chi connectivity index (χ1v) is 9.02. The molecular formula is C22H28NO+. The summed E-state index contributed by atoms with van der Waals surface area (Å²) in [5, 5.41) is 0. The topological polar surface area (TPSA) is 13.7 Å². The fraction of sp³-hybridized carbons (Fsp3) is 0.364.